The lowest BCUT2D eigenvalue weighted by molar-refractivity contribution is 0.297. The Morgan fingerprint density at radius 3 is 2.40 bits per heavy atom. The number of hydrogen-bond acceptors (Lipinski definition) is 1. The third-order valence-electron chi connectivity index (χ3n) is 0.232. The molecule has 0 amide bonds. The van der Waals surface area contributed by atoms with Crippen LogP contribution in [0.4, 0.5) is 0 Å². The Hall–Kier alpha value is -0.300. The van der Waals surface area contributed by atoms with Crippen LogP contribution < -0.4 is 0 Å². The van der Waals surface area contributed by atoms with E-state index in [0.717, 1.165) is 0 Å². The van der Waals surface area contributed by atoms with Gasteiger partial charge in [-0.15, -0.1) is 6.58 Å². The molecule has 0 saturated heterocycles. The summed E-state index contributed by atoms with van der Waals surface area (Å²) >= 11 is 0. The van der Waals surface area contributed by atoms with Gasteiger partial charge in [0, 0.05) is 7.11 Å². The highest BCUT2D eigenvalue weighted by Crippen LogP contribution is 1.70. The molecular weight excluding hydrogens is 66.0 g/mol. The predicted molar refractivity (Wildman–Crippen MR) is 21.5 cm³/mol. The molecule has 0 aromatic rings. The Kier molecular flexibility index (Phi) is 3.48. The Morgan fingerprint density at radius 2 is 2.40 bits per heavy atom. The molecule has 0 unspecified atom stereocenters. The average molecular weight is 73.1 g/mol. The summed E-state index contributed by atoms with van der Waals surface area (Å²) in [4.78, 5) is 0. The van der Waals surface area contributed by atoms with Crippen molar-refractivity contribution in [2.45, 2.75) is 0 Å². The summed E-state index contributed by atoms with van der Waals surface area (Å²) in [7, 11) is 1.58. The molecule has 1 heteroatoms. The van der Waals surface area contributed by atoms with E-state index in [1.807, 2.05) is 0 Å². The van der Waals surface area contributed by atoms with Gasteiger partial charge < -0.3 is 4.74 Å². The molecule has 0 aliphatic heterocycles. The van der Waals surface area contributed by atoms with Crippen LogP contribution in [0.2, 0.25) is 0 Å². The summed E-state index contributed by atoms with van der Waals surface area (Å²) in [5.41, 5.74) is 0. The van der Waals surface area contributed by atoms with Crippen molar-refractivity contribution in [1.82, 2.24) is 0 Å². The second kappa shape index (κ2) is 3.70. The fourth-order valence-corrected chi connectivity index (χ4v) is 0.0962. The van der Waals surface area contributed by atoms with Gasteiger partial charge in [0.2, 0.25) is 0 Å². The molecule has 0 aromatic carbocycles. The molecule has 0 rings (SSSR count). The van der Waals surface area contributed by atoms with Crippen molar-refractivity contribution in [1.29, 1.82) is 0 Å². The Labute approximate surface area is 32.3 Å². The normalized spacial score (nSPS) is 7.40. The van der Waals surface area contributed by atoms with Gasteiger partial charge in [-0.1, -0.05) is 6.08 Å². The first-order valence-electron chi connectivity index (χ1n) is 1.39. The highest BCUT2D eigenvalue weighted by molar-refractivity contribution is 4.75. The SMILES string of the molecule is C=C[CH]O[14CH3]. The van der Waals surface area contributed by atoms with Gasteiger partial charge in [0.05, 0.1) is 0 Å². The smallest absolute Gasteiger partial charge is 0.105 e. The minimum atomic E-state index is 1.51. The summed E-state index contributed by atoms with van der Waals surface area (Å²) in [6.45, 7) is 4.88. The summed E-state index contributed by atoms with van der Waals surface area (Å²) in [5.74, 6) is 0. The standard InChI is InChI=1S/C4H7O/c1-3-4-5-2/h3-4H,1H2,2H3/i2+2. The minimum Gasteiger partial charge on any atom is -0.374 e. The van der Waals surface area contributed by atoms with E-state index in [1.165, 1.54) is 6.61 Å². The maximum Gasteiger partial charge on any atom is 0.105 e. The van der Waals surface area contributed by atoms with E-state index in [9.17, 15) is 0 Å². The van der Waals surface area contributed by atoms with E-state index in [0.29, 0.717) is 0 Å². The lowest BCUT2D eigenvalue weighted by Crippen LogP contribution is -1.66. The fourth-order valence-electron chi connectivity index (χ4n) is 0.0962. The van der Waals surface area contributed by atoms with Gasteiger partial charge in [0.25, 0.3) is 0 Å². The Bertz CT molecular complexity index is 24.8. The van der Waals surface area contributed by atoms with Gasteiger partial charge in [-0.3, -0.25) is 0 Å². The number of methoxy groups -OCH3 is 1. The fraction of sp³-hybridized carbons (Fsp3) is 0.250. The Morgan fingerprint density at radius 1 is 1.80 bits per heavy atom. The molecule has 0 saturated carbocycles. The molecule has 0 aromatic heterocycles. The molecule has 1 nitrogen and oxygen atoms in total. The van der Waals surface area contributed by atoms with Gasteiger partial charge in [0.1, 0.15) is 6.61 Å². The largest absolute Gasteiger partial charge is 0.374 e. The highest BCUT2D eigenvalue weighted by atomic mass is 16.6. The van der Waals surface area contributed by atoms with Gasteiger partial charge in [-0.2, -0.15) is 0 Å². The van der Waals surface area contributed by atoms with Gasteiger partial charge in [-0.25, -0.2) is 0 Å². The third-order valence-corrected chi connectivity index (χ3v) is 0.232. The van der Waals surface area contributed by atoms with E-state index in [1.54, 1.807) is 13.2 Å². The van der Waals surface area contributed by atoms with Crippen LogP contribution in [0.3, 0.4) is 0 Å². The van der Waals surface area contributed by atoms with Crippen LogP contribution in [0.15, 0.2) is 12.7 Å². The maximum atomic E-state index is 4.45. The summed E-state index contributed by atoms with van der Waals surface area (Å²) in [5, 5.41) is 0. The molecule has 1 radical (unpaired) electrons. The lowest BCUT2D eigenvalue weighted by atomic mass is 10.7. The topological polar surface area (TPSA) is 9.23 Å². The van der Waals surface area contributed by atoms with E-state index in [4.69, 9.17) is 0 Å². The molecule has 29 valence electrons. The van der Waals surface area contributed by atoms with E-state index < -0.39 is 0 Å². The van der Waals surface area contributed by atoms with Crippen molar-refractivity contribution in [2.24, 2.45) is 0 Å². The van der Waals surface area contributed by atoms with Crippen LogP contribution in [0.1, 0.15) is 0 Å². The molecule has 0 atom stereocenters. The summed E-state index contributed by atoms with van der Waals surface area (Å²) in [6.07, 6.45) is 1.58. The molecule has 0 spiro atoms. The molecule has 0 N–H and O–H groups in total. The quantitative estimate of drug-likeness (QED) is 0.473. The van der Waals surface area contributed by atoms with Gasteiger partial charge in [-0.05, 0) is 0 Å². The van der Waals surface area contributed by atoms with Crippen molar-refractivity contribution in [2.75, 3.05) is 7.11 Å². The number of hydrogen-bond donors (Lipinski definition) is 0. The number of rotatable bonds is 2. The first kappa shape index (κ1) is 4.70. The highest BCUT2D eigenvalue weighted by Gasteiger charge is 1.60. The van der Waals surface area contributed by atoms with Crippen molar-refractivity contribution < 1.29 is 4.74 Å². The molecule has 0 bridgehead atoms. The van der Waals surface area contributed by atoms with E-state index in [-0.39, 0.29) is 0 Å². The van der Waals surface area contributed by atoms with Crippen LogP contribution in [0.25, 0.3) is 0 Å². The van der Waals surface area contributed by atoms with E-state index >= 15 is 0 Å². The molecule has 0 fully saturated rings. The van der Waals surface area contributed by atoms with Crippen molar-refractivity contribution >= 4 is 0 Å². The first-order valence-corrected chi connectivity index (χ1v) is 1.39. The van der Waals surface area contributed by atoms with Gasteiger partial charge in [0.15, 0.2) is 0 Å². The monoisotopic (exact) mass is 73.1 g/mol. The average Bonchev–Trinajstić information content (AvgIpc) is 1.41. The zero-order chi connectivity index (χ0) is 4.12. The zero-order valence-corrected chi connectivity index (χ0v) is 3.27. The molecule has 0 aliphatic carbocycles. The second-order valence-corrected chi connectivity index (χ2v) is 0.607. The third kappa shape index (κ3) is 3.70. The van der Waals surface area contributed by atoms with Crippen LogP contribution in [-0.4, -0.2) is 7.11 Å². The summed E-state index contributed by atoms with van der Waals surface area (Å²) < 4.78 is 4.45. The molecule has 0 heterocycles. The van der Waals surface area contributed by atoms with Gasteiger partial charge >= 0.3 is 0 Å². The van der Waals surface area contributed by atoms with Crippen molar-refractivity contribution in [3.63, 3.8) is 0 Å². The first-order chi connectivity index (χ1) is 2.41. The van der Waals surface area contributed by atoms with E-state index in [2.05, 4.69) is 11.3 Å². The summed E-state index contributed by atoms with van der Waals surface area (Å²) in [6, 6.07) is 0. The van der Waals surface area contributed by atoms with Crippen LogP contribution in [-0.2, 0) is 4.74 Å². The molecule has 5 heavy (non-hydrogen) atoms. The minimum absolute atomic E-state index is 1.51. The van der Waals surface area contributed by atoms with Crippen molar-refractivity contribution in [3.05, 3.63) is 19.3 Å². The van der Waals surface area contributed by atoms with Crippen molar-refractivity contribution in [3.8, 4) is 0 Å². The maximum absolute atomic E-state index is 4.45. The molecule has 0 aliphatic rings. The van der Waals surface area contributed by atoms with Crippen LogP contribution in [0, 0.1) is 6.61 Å². The Balaban J connectivity index is 2.40. The number of ether oxygens (including phenoxy) is 1. The van der Waals surface area contributed by atoms with Crippen LogP contribution >= 0.6 is 0 Å². The predicted octanol–water partition coefficient (Wildman–Crippen LogP) is 0.981. The van der Waals surface area contributed by atoms with Crippen LogP contribution in [0.5, 0.6) is 0 Å². The molecular formula is C4H7O. The second-order valence-electron chi connectivity index (χ2n) is 0.607. The lowest BCUT2D eigenvalue weighted by Gasteiger charge is -1.78. The zero-order valence-electron chi connectivity index (χ0n) is 3.27.